The Kier molecular flexibility index (Phi) is 5.71. The van der Waals surface area contributed by atoms with Gasteiger partial charge in [-0.05, 0) is 18.2 Å². The minimum atomic E-state index is -3.64. The Morgan fingerprint density at radius 3 is 2.31 bits per heavy atom. The maximum Gasteiger partial charge on any atom is 0.277 e. The number of anilines is 2. The Morgan fingerprint density at radius 2 is 1.69 bits per heavy atom. The Bertz CT molecular complexity index is 1120. The zero-order valence-electron chi connectivity index (χ0n) is 16.6. The van der Waals surface area contributed by atoms with E-state index in [9.17, 15) is 13.2 Å². The summed E-state index contributed by atoms with van der Waals surface area (Å²) >= 11 is 0. The van der Waals surface area contributed by atoms with Gasteiger partial charge in [0.25, 0.3) is 5.91 Å². The van der Waals surface area contributed by atoms with Crippen molar-refractivity contribution >= 4 is 27.3 Å². The minimum absolute atomic E-state index is 0.0773. The van der Waals surface area contributed by atoms with Gasteiger partial charge in [0.05, 0.1) is 16.3 Å². The molecule has 3 rings (SSSR count). The monoisotopic (exact) mass is 414 g/mol. The first-order valence-corrected chi connectivity index (χ1v) is 10.2. The molecule has 0 fully saturated rings. The van der Waals surface area contributed by atoms with Crippen LogP contribution in [0, 0.1) is 0 Å². The zero-order valence-corrected chi connectivity index (χ0v) is 17.4. The quantitative estimate of drug-likeness (QED) is 0.666. The molecule has 1 amide bonds. The number of benzene rings is 2. The lowest BCUT2D eigenvalue weighted by Gasteiger charge is -2.19. The minimum Gasteiger partial charge on any atom is -0.376 e. The fourth-order valence-electron chi connectivity index (χ4n) is 2.68. The SMILES string of the molecule is CN(C)c1ccc(S(=O)(=O)N(C)C)cc1NC(=O)c1cc(-c2ccccc2)on1. The van der Waals surface area contributed by atoms with E-state index < -0.39 is 15.9 Å². The van der Waals surface area contributed by atoms with Crippen LogP contribution in [-0.2, 0) is 10.0 Å². The molecule has 2 aromatic carbocycles. The summed E-state index contributed by atoms with van der Waals surface area (Å²) in [6.45, 7) is 0. The van der Waals surface area contributed by atoms with E-state index in [2.05, 4.69) is 10.5 Å². The fourth-order valence-corrected chi connectivity index (χ4v) is 3.61. The highest BCUT2D eigenvalue weighted by molar-refractivity contribution is 7.89. The molecule has 0 aliphatic rings. The molecule has 0 bridgehead atoms. The van der Waals surface area contributed by atoms with Crippen molar-refractivity contribution in [3.05, 3.63) is 60.3 Å². The third-order valence-electron chi connectivity index (χ3n) is 4.28. The van der Waals surface area contributed by atoms with Crippen molar-refractivity contribution in [3.63, 3.8) is 0 Å². The molecular weight excluding hydrogens is 392 g/mol. The second kappa shape index (κ2) is 8.06. The summed E-state index contributed by atoms with van der Waals surface area (Å²) in [6, 6.07) is 15.4. The molecule has 1 heterocycles. The molecule has 0 saturated carbocycles. The van der Waals surface area contributed by atoms with Crippen LogP contribution < -0.4 is 10.2 Å². The van der Waals surface area contributed by atoms with Gasteiger partial charge in [-0.2, -0.15) is 0 Å². The number of carbonyl (C=O) groups is 1. The van der Waals surface area contributed by atoms with E-state index in [0.29, 0.717) is 17.1 Å². The summed E-state index contributed by atoms with van der Waals surface area (Å²) in [4.78, 5) is 14.6. The van der Waals surface area contributed by atoms with Crippen molar-refractivity contribution in [1.29, 1.82) is 0 Å². The van der Waals surface area contributed by atoms with E-state index in [-0.39, 0.29) is 10.6 Å². The van der Waals surface area contributed by atoms with Gasteiger partial charge >= 0.3 is 0 Å². The number of sulfonamides is 1. The molecule has 0 saturated heterocycles. The summed E-state index contributed by atoms with van der Waals surface area (Å²) < 4.78 is 31.3. The molecule has 0 atom stereocenters. The first-order chi connectivity index (χ1) is 13.7. The van der Waals surface area contributed by atoms with Crippen LogP contribution in [0.2, 0.25) is 0 Å². The van der Waals surface area contributed by atoms with Crippen molar-refractivity contribution in [3.8, 4) is 11.3 Å². The fraction of sp³-hybridized carbons (Fsp3) is 0.200. The largest absolute Gasteiger partial charge is 0.376 e. The second-order valence-electron chi connectivity index (χ2n) is 6.76. The van der Waals surface area contributed by atoms with Crippen molar-refractivity contribution in [2.24, 2.45) is 0 Å². The topological polar surface area (TPSA) is 95.8 Å². The number of hydrogen-bond donors (Lipinski definition) is 1. The van der Waals surface area contributed by atoms with Gasteiger partial charge in [0.2, 0.25) is 10.0 Å². The molecule has 9 heteroatoms. The van der Waals surface area contributed by atoms with Crippen molar-refractivity contribution in [1.82, 2.24) is 9.46 Å². The molecule has 0 spiro atoms. The van der Waals surface area contributed by atoms with Gasteiger partial charge < -0.3 is 14.7 Å². The van der Waals surface area contributed by atoms with Crippen LogP contribution in [0.15, 0.2) is 64.0 Å². The average molecular weight is 414 g/mol. The lowest BCUT2D eigenvalue weighted by atomic mass is 10.1. The highest BCUT2D eigenvalue weighted by atomic mass is 32.2. The molecule has 29 heavy (non-hydrogen) atoms. The van der Waals surface area contributed by atoms with Gasteiger partial charge in [-0.3, -0.25) is 4.79 Å². The lowest BCUT2D eigenvalue weighted by molar-refractivity contribution is 0.101. The molecule has 3 aromatic rings. The van der Waals surface area contributed by atoms with E-state index in [1.165, 1.54) is 26.2 Å². The molecule has 0 aliphatic carbocycles. The predicted octanol–water partition coefficient (Wildman–Crippen LogP) is 2.91. The van der Waals surface area contributed by atoms with Gasteiger partial charge in [0.1, 0.15) is 0 Å². The zero-order chi connectivity index (χ0) is 21.2. The Balaban J connectivity index is 1.92. The first kappa shape index (κ1) is 20.6. The van der Waals surface area contributed by atoms with Gasteiger partial charge in [-0.25, -0.2) is 12.7 Å². The van der Waals surface area contributed by atoms with E-state index in [1.807, 2.05) is 30.3 Å². The Morgan fingerprint density at radius 1 is 1.00 bits per heavy atom. The van der Waals surface area contributed by atoms with Crippen LogP contribution >= 0.6 is 0 Å². The summed E-state index contributed by atoms with van der Waals surface area (Å²) in [6.07, 6.45) is 0. The number of nitrogens with one attached hydrogen (secondary N) is 1. The molecule has 1 N–H and O–H groups in total. The number of hydrogen-bond acceptors (Lipinski definition) is 6. The standard InChI is InChI=1S/C20H22N4O4S/c1-23(2)18-11-10-15(29(26,27)24(3)4)12-16(18)21-20(25)17-13-19(28-22-17)14-8-6-5-7-9-14/h5-13H,1-4H3,(H,21,25). The third kappa shape index (κ3) is 4.30. The summed E-state index contributed by atoms with van der Waals surface area (Å²) in [5.74, 6) is -0.0362. The Hall–Kier alpha value is -3.17. The van der Waals surface area contributed by atoms with E-state index >= 15 is 0 Å². The predicted molar refractivity (Wildman–Crippen MR) is 112 cm³/mol. The van der Waals surface area contributed by atoms with E-state index in [4.69, 9.17) is 4.52 Å². The summed E-state index contributed by atoms with van der Waals surface area (Å²) in [7, 11) is 2.86. The van der Waals surface area contributed by atoms with Crippen molar-refractivity contribution in [2.45, 2.75) is 4.90 Å². The highest BCUT2D eigenvalue weighted by Crippen LogP contribution is 2.29. The molecule has 8 nitrogen and oxygen atoms in total. The van der Waals surface area contributed by atoms with Gasteiger partial charge in [-0.1, -0.05) is 35.5 Å². The molecule has 0 unspecified atom stereocenters. The van der Waals surface area contributed by atoms with Crippen molar-refractivity contribution < 1.29 is 17.7 Å². The van der Waals surface area contributed by atoms with Crippen LogP contribution in [0.3, 0.4) is 0 Å². The number of aromatic nitrogens is 1. The summed E-state index contributed by atoms with van der Waals surface area (Å²) in [5.41, 5.74) is 1.90. The average Bonchev–Trinajstić information content (AvgIpc) is 3.18. The lowest BCUT2D eigenvalue weighted by Crippen LogP contribution is -2.23. The maximum absolute atomic E-state index is 12.7. The Labute approximate surface area is 169 Å². The smallest absolute Gasteiger partial charge is 0.277 e. The van der Waals surface area contributed by atoms with E-state index in [1.54, 1.807) is 31.1 Å². The van der Waals surface area contributed by atoms with Gasteiger partial charge in [0.15, 0.2) is 11.5 Å². The van der Waals surface area contributed by atoms with Gasteiger partial charge in [-0.15, -0.1) is 0 Å². The van der Waals surface area contributed by atoms with Crippen LogP contribution in [0.25, 0.3) is 11.3 Å². The van der Waals surface area contributed by atoms with E-state index in [0.717, 1.165) is 9.87 Å². The van der Waals surface area contributed by atoms with Crippen LogP contribution in [-0.4, -0.2) is 52.0 Å². The molecule has 0 radical (unpaired) electrons. The number of rotatable bonds is 6. The molecule has 152 valence electrons. The summed E-state index contributed by atoms with van der Waals surface area (Å²) in [5, 5.41) is 6.57. The molecular formula is C20H22N4O4S. The van der Waals surface area contributed by atoms with Gasteiger partial charge in [0, 0.05) is 39.8 Å². The number of amides is 1. The molecule has 1 aromatic heterocycles. The molecule has 0 aliphatic heterocycles. The normalized spacial score (nSPS) is 11.5. The maximum atomic E-state index is 12.7. The first-order valence-electron chi connectivity index (χ1n) is 8.77. The third-order valence-corrected chi connectivity index (χ3v) is 6.09. The van der Waals surface area contributed by atoms with Crippen LogP contribution in [0.5, 0.6) is 0 Å². The van der Waals surface area contributed by atoms with Crippen LogP contribution in [0.1, 0.15) is 10.5 Å². The van der Waals surface area contributed by atoms with Crippen LogP contribution in [0.4, 0.5) is 11.4 Å². The number of nitrogens with zero attached hydrogens (tertiary/aromatic N) is 3. The second-order valence-corrected chi connectivity index (χ2v) is 8.91. The number of carbonyl (C=O) groups excluding carboxylic acids is 1. The van der Waals surface area contributed by atoms with Crippen molar-refractivity contribution in [2.75, 3.05) is 38.4 Å². The highest BCUT2D eigenvalue weighted by Gasteiger charge is 2.21.